The molecule has 9 heteroatoms. The van der Waals surface area contributed by atoms with Crippen molar-refractivity contribution < 1.29 is 9.53 Å². The number of nitrogens with one attached hydrogen (secondary N) is 1. The first-order valence-corrected chi connectivity index (χ1v) is 11.5. The molecule has 0 saturated carbocycles. The van der Waals surface area contributed by atoms with Crippen LogP contribution in [0, 0.1) is 0 Å². The van der Waals surface area contributed by atoms with E-state index in [0.29, 0.717) is 16.8 Å². The van der Waals surface area contributed by atoms with Crippen LogP contribution in [-0.2, 0) is 30.8 Å². The number of carbonyl (C=O) groups is 1. The van der Waals surface area contributed by atoms with E-state index in [-0.39, 0.29) is 12.3 Å². The third kappa shape index (κ3) is 5.33. The fraction of sp³-hybridized carbons (Fsp3) is 0.350. The number of anilines is 1. The van der Waals surface area contributed by atoms with Crippen molar-refractivity contribution in [1.82, 2.24) is 14.9 Å². The van der Waals surface area contributed by atoms with Crippen LogP contribution in [0.5, 0.6) is 5.75 Å². The van der Waals surface area contributed by atoms with Gasteiger partial charge in [-0.05, 0) is 30.8 Å². The van der Waals surface area contributed by atoms with E-state index in [4.69, 9.17) is 16.3 Å². The number of amides is 1. The van der Waals surface area contributed by atoms with E-state index in [0.717, 1.165) is 48.2 Å². The van der Waals surface area contributed by atoms with Crippen molar-refractivity contribution in [1.29, 1.82) is 0 Å². The number of carbonyl (C=O) groups excluding carboxylic acids is 1. The van der Waals surface area contributed by atoms with Crippen LogP contribution in [0.4, 0.5) is 5.13 Å². The van der Waals surface area contributed by atoms with E-state index in [1.165, 1.54) is 16.2 Å². The van der Waals surface area contributed by atoms with Crippen LogP contribution >= 0.6 is 34.3 Å². The molecule has 1 aliphatic rings. The van der Waals surface area contributed by atoms with E-state index in [9.17, 15) is 4.79 Å². The predicted molar refractivity (Wildman–Crippen MR) is 117 cm³/mol. The molecule has 6 nitrogen and oxygen atoms in total. The molecule has 0 bridgehead atoms. The molecule has 29 heavy (non-hydrogen) atoms. The third-order valence-corrected chi connectivity index (χ3v) is 6.74. The normalized spacial score (nSPS) is 13.9. The van der Waals surface area contributed by atoms with Gasteiger partial charge in [-0.25, -0.2) is 9.97 Å². The van der Waals surface area contributed by atoms with Crippen LogP contribution in [0.15, 0.2) is 29.6 Å². The molecule has 1 amide bonds. The van der Waals surface area contributed by atoms with Gasteiger partial charge in [-0.15, -0.1) is 22.7 Å². The Morgan fingerprint density at radius 3 is 2.93 bits per heavy atom. The zero-order valence-corrected chi connectivity index (χ0v) is 18.4. The molecule has 0 spiro atoms. The molecular formula is C20H21ClN4O2S2. The highest BCUT2D eigenvalue weighted by atomic mass is 35.5. The monoisotopic (exact) mass is 448 g/mol. The number of rotatable bonds is 7. The molecule has 0 saturated heterocycles. The SMILES string of the molecule is CCN1CCc2nc(NC(=O)Cc3csc(COc4ccc(Cl)cc4)n3)sc2C1. The van der Waals surface area contributed by atoms with Crippen molar-refractivity contribution in [3.63, 3.8) is 0 Å². The molecule has 0 radical (unpaired) electrons. The molecular weight excluding hydrogens is 428 g/mol. The molecule has 0 fully saturated rings. The second-order valence-corrected chi connectivity index (χ2v) is 9.17. The van der Waals surface area contributed by atoms with Gasteiger partial charge in [-0.3, -0.25) is 9.69 Å². The first-order valence-electron chi connectivity index (χ1n) is 9.41. The molecule has 1 aliphatic heterocycles. The lowest BCUT2D eigenvalue weighted by atomic mass is 10.2. The second kappa shape index (κ2) is 9.21. The largest absolute Gasteiger partial charge is 0.486 e. The van der Waals surface area contributed by atoms with Crippen LogP contribution in [0.2, 0.25) is 5.02 Å². The van der Waals surface area contributed by atoms with Crippen molar-refractivity contribution in [2.45, 2.75) is 32.9 Å². The van der Waals surface area contributed by atoms with Crippen molar-refractivity contribution in [2.24, 2.45) is 0 Å². The molecule has 0 unspecified atom stereocenters. The smallest absolute Gasteiger partial charge is 0.232 e. The maximum absolute atomic E-state index is 12.4. The van der Waals surface area contributed by atoms with Gasteiger partial charge in [0.05, 0.1) is 17.8 Å². The molecule has 1 aromatic carbocycles. The number of hydrogen-bond acceptors (Lipinski definition) is 7. The van der Waals surface area contributed by atoms with Crippen molar-refractivity contribution in [3.05, 3.63) is 55.9 Å². The van der Waals surface area contributed by atoms with Crippen molar-refractivity contribution in [3.8, 4) is 5.75 Å². The number of fused-ring (bicyclic) bond motifs is 1. The summed E-state index contributed by atoms with van der Waals surface area (Å²) in [6.45, 7) is 5.51. The standard InChI is InChI=1S/C20H21ClN4O2S2/c1-2-25-8-7-16-17(10-25)29-20(23-16)24-18(26)9-14-12-28-19(22-14)11-27-15-5-3-13(21)4-6-15/h3-6,12H,2,7-11H2,1H3,(H,23,24,26). The highest BCUT2D eigenvalue weighted by Crippen LogP contribution is 2.28. The summed E-state index contributed by atoms with van der Waals surface area (Å²) in [7, 11) is 0. The molecule has 3 heterocycles. The second-order valence-electron chi connectivity index (χ2n) is 6.71. The number of thiazole rings is 2. The van der Waals surface area contributed by atoms with E-state index in [1.807, 2.05) is 17.5 Å². The number of likely N-dealkylation sites (N-methyl/N-ethyl adjacent to an activating group) is 1. The fourth-order valence-corrected chi connectivity index (χ4v) is 4.97. The number of ether oxygens (including phenoxy) is 1. The number of benzene rings is 1. The number of hydrogen-bond donors (Lipinski definition) is 1. The highest BCUT2D eigenvalue weighted by molar-refractivity contribution is 7.15. The van der Waals surface area contributed by atoms with E-state index in [2.05, 4.69) is 27.1 Å². The first kappa shape index (κ1) is 20.3. The molecule has 0 aliphatic carbocycles. The maximum Gasteiger partial charge on any atom is 0.232 e. The van der Waals surface area contributed by atoms with E-state index in [1.54, 1.807) is 23.5 Å². The maximum atomic E-state index is 12.4. The minimum atomic E-state index is -0.0982. The Kier molecular flexibility index (Phi) is 6.44. The zero-order chi connectivity index (χ0) is 20.2. The van der Waals surface area contributed by atoms with E-state index >= 15 is 0 Å². The van der Waals surface area contributed by atoms with Gasteiger partial charge in [0.2, 0.25) is 5.91 Å². The number of halogens is 1. The Morgan fingerprint density at radius 1 is 1.31 bits per heavy atom. The van der Waals surface area contributed by atoms with Gasteiger partial charge in [0, 0.05) is 34.8 Å². The van der Waals surface area contributed by atoms with Gasteiger partial charge >= 0.3 is 0 Å². The van der Waals surface area contributed by atoms with Crippen molar-refractivity contribution in [2.75, 3.05) is 18.4 Å². The summed E-state index contributed by atoms with van der Waals surface area (Å²) in [6, 6.07) is 7.20. The molecule has 0 atom stereocenters. The summed E-state index contributed by atoms with van der Waals surface area (Å²) in [6.07, 6.45) is 1.17. The Bertz CT molecular complexity index is 987. The van der Waals surface area contributed by atoms with Gasteiger partial charge in [-0.2, -0.15) is 0 Å². The van der Waals surface area contributed by atoms with Crippen molar-refractivity contribution >= 4 is 45.3 Å². The zero-order valence-electron chi connectivity index (χ0n) is 16.0. The number of nitrogens with zero attached hydrogens (tertiary/aromatic N) is 3. The van der Waals surface area contributed by atoms with Crippen LogP contribution in [0.3, 0.4) is 0 Å². The Morgan fingerprint density at radius 2 is 2.14 bits per heavy atom. The van der Waals surface area contributed by atoms with Gasteiger partial charge in [0.25, 0.3) is 0 Å². The molecule has 152 valence electrons. The quantitative estimate of drug-likeness (QED) is 0.580. The topological polar surface area (TPSA) is 67.4 Å². The molecule has 3 aromatic rings. The van der Waals surface area contributed by atoms with Crippen LogP contribution in [-0.4, -0.2) is 33.9 Å². The van der Waals surface area contributed by atoms with Gasteiger partial charge in [-0.1, -0.05) is 18.5 Å². The summed E-state index contributed by atoms with van der Waals surface area (Å²) >= 11 is 8.93. The summed E-state index contributed by atoms with van der Waals surface area (Å²) in [4.78, 5) is 25.1. The lowest BCUT2D eigenvalue weighted by Gasteiger charge is -2.23. The van der Waals surface area contributed by atoms with E-state index < -0.39 is 0 Å². The molecule has 1 N–H and O–H groups in total. The van der Waals surface area contributed by atoms with Crippen LogP contribution in [0.1, 0.15) is 28.2 Å². The fourth-order valence-electron chi connectivity index (χ4n) is 3.07. The Hall–Kier alpha value is -2.00. The average Bonchev–Trinajstić information content (AvgIpc) is 3.32. The predicted octanol–water partition coefficient (Wildman–Crippen LogP) is 4.39. The molecule has 2 aromatic heterocycles. The Labute approximate surface area is 182 Å². The molecule has 4 rings (SSSR count). The minimum Gasteiger partial charge on any atom is -0.486 e. The van der Waals surface area contributed by atoms with Crippen LogP contribution < -0.4 is 10.1 Å². The lowest BCUT2D eigenvalue weighted by Crippen LogP contribution is -2.29. The third-order valence-electron chi connectivity index (χ3n) is 4.62. The summed E-state index contributed by atoms with van der Waals surface area (Å²) < 4.78 is 5.70. The highest BCUT2D eigenvalue weighted by Gasteiger charge is 2.20. The van der Waals surface area contributed by atoms with Crippen LogP contribution in [0.25, 0.3) is 0 Å². The summed E-state index contributed by atoms with van der Waals surface area (Å²) in [5.74, 6) is 0.636. The van der Waals surface area contributed by atoms with Gasteiger partial charge in [0.1, 0.15) is 17.4 Å². The lowest BCUT2D eigenvalue weighted by molar-refractivity contribution is -0.115. The summed E-state index contributed by atoms with van der Waals surface area (Å²) in [5, 5.41) is 6.99. The average molecular weight is 449 g/mol. The Balaban J connectivity index is 1.29. The van der Waals surface area contributed by atoms with Gasteiger partial charge < -0.3 is 10.1 Å². The van der Waals surface area contributed by atoms with Gasteiger partial charge in [0.15, 0.2) is 5.13 Å². The minimum absolute atomic E-state index is 0.0982. The number of aromatic nitrogens is 2. The first-order chi connectivity index (χ1) is 14.1. The summed E-state index contributed by atoms with van der Waals surface area (Å²) in [5.41, 5.74) is 1.85.